The molecule has 4 N–H and O–H groups in total. The number of hydrogen-bond donors (Lipinski definition) is 2. The molecule has 30 heavy (non-hydrogen) atoms. The fourth-order valence-electron chi connectivity index (χ4n) is 1.88. The molecule has 0 aromatic heterocycles. The molecule has 2 aromatic carbocycles. The molecule has 0 aliphatic carbocycles. The summed E-state index contributed by atoms with van der Waals surface area (Å²) in [6.45, 7) is 5.95. The number of aldehydes is 1. The minimum absolute atomic E-state index is 0. The zero-order valence-electron chi connectivity index (χ0n) is 17.8. The second kappa shape index (κ2) is 17.1. The molecule has 1 unspecified atom stereocenters. The van der Waals surface area contributed by atoms with Crippen LogP contribution in [0.15, 0.2) is 48.5 Å². The van der Waals surface area contributed by atoms with Gasteiger partial charge in [-0.1, -0.05) is 25.4 Å². The lowest BCUT2D eigenvalue weighted by atomic mass is 10.0. The summed E-state index contributed by atoms with van der Waals surface area (Å²) in [5, 5.41) is 8.56. The maximum atomic E-state index is 12.2. The van der Waals surface area contributed by atoms with E-state index in [2.05, 4.69) is 4.74 Å². The summed E-state index contributed by atoms with van der Waals surface area (Å²) in [7, 11) is 1.48. The third-order valence-corrected chi connectivity index (χ3v) is 3.51. The molecule has 0 spiro atoms. The Bertz CT molecular complexity index is 747. The maximum absolute atomic E-state index is 12.2. The van der Waals surface area contributed by atoms with Gasteiger partial charge in [0.25, 0.3) is 0 Å². The van der Waals surface area contributed by atoms with Gasteiger partial charge < -0.3 is 20.7 Å². The molecule has 0 bridgehead atoms. The first-order valence-corrected chi connectivity index (χ1v) is 9.48. The largest absolute Gasteiger partial charge is 0.483 e. The highest BCUT2D eigenvalue weighted by molar-refractivity contribution is 6.30. The molecule has 0 aliphatic heterocycles. The number of ether oxygens (including phenoxy) is 2. The van der Waals surface area contributed by atoms with Gasteiger partial charge >= 0.3 is 5.97 Å². The van der Waals surface area contributed by atoms with E-state index >= 15 is 0 Å². The second-order valence-corrected chi connectivity index (χ2v) is 5.89. The van der Waals surface area contributed by atoms with Crippen molar-refractivity contribution < 1.29 is 29.0 Å². The Labute approximate surface area is 182 Å². The van der Waals surface area contributed by atoms with Crippen LogP contribution in [0, 0.1) is 0 Å². The number of hydrogen-bond acceptors (Lipinski definition) is 6. The van der Waals surface area contributed by atoms with Gasteiger partial charge in [0.2, 0.25) is 0 Å². The molecule has 0 aliphatic rings. The lowest BCUT2D eigenvalue weighted by Gasteiger charge is -2.09. The van der Waals surface area contributed by atoms with E-state index in [0.717, 1.165) is 0 Å². The second-order valence-electron chi connectivity index (χ2n) is 5.46. The monoisotopic (exact) mass is 439 g/mol. The standard InChI is InChI=1S/C16H13ClO3.C4H8O3.C2H6.H3N/c1-11(10-18)20-15-8-4-13(5-9-15)16(19)12-2-6-14(17)7-3-12;1-7-3-2-4(5)6;1-2;/h2-11H,1H3;2-3H2,1H3,(H,5,6);1-2H3;1H3. The van der Waals surface area contributed by atoms with Crippen molar-refractivity contribution in [3.63, 3.8) is 0 Å². The number of aliphatic carboxylic acids is 1. The third kappa shape index (κ3) is 12.0. The smallest absolute Gasteiger partial charge is 0.305 e. The van der Waals surface area contributed by atoms with Crippen molar-refractivity contribution in [2.24, 2.45) is 0 Å². The first-order valence-electron chi connectivity index (χ1n) is 9.10. The number of rotatable bonds is 8. The summed E-state index contributed by atoms with van der Waals surface area (Å²) < 4.78 is 9.79. The van der Waals surface area contributed by atoms with E-state index in [1.165, 1.54) is 7.11 Å². The molecule has 0 heterocycles. The highest BCUT2D eigenvalue weighted by Crippen LogP contribution is 2.17. The number of carboxylic acids is 1. The van der Waals surface area contributed by atoms with E-state index < -0.39 is 12.1 Å². The minimum Gasteiger partial charge on any atom is -0.483 e. The molecule has 0 amide bonds. The highest BCUT2D eigenvalue weighted by Gasteiger charge is 2.09. The van der Waals surface area contributed by atoms with Crippen molar-refractivity contribution in [1.82, 2.24) is 6.15 Å². The van der Waals surface area contributed by atoms with Crippen LogP contribution in [-0.4, -0.2) is 43.0 Å². The normalized spacial score (nSPS) is 10.0. The average molecular weight is 440 g/mol. The van der Waals surface area contributed by atoms with Crippen LogP contribution >= 0.6 is 11.6 Å². The Kier molecular flexibility index (Phi) is 16.8. The lowest BCUT2D eigenvalue weighted by Crippen LogP contribution is -2.12. The summed E-state index contributed by atoms with van der Waals surface area (Å²) in [6, 6.07) is 13.4. The summed E-state index contributed by atoms with van der Waals surface area (Å²) in [6.07, 6.45) is 0.302. The van der Waals surface area contributed by atoms with Crippen LogP contribution in [0.2, 0.25) is 5.02 Å². The Morgan fingerprint density at radius 1 is 1.03 bits per heavy atom. The minimum atomic E-state index is -0.818. The van der Waals surface area contributed by atoms with E-state index in [9.17, 15) is 14.4 Å². The Morgan fingerprint density at radius 3 is 1.87 bits per heavy atom. The number of carbonyl (C=O) groups is 3. The molecule has 2 aromatic rings. The van der Waals surface area contributed by atoms with Crippen molar-refractivity contribution in [3.05, 3.63) is 64.7 Å². The van der Waals surface area contributed by atoms with Gasteiger partial charge in [-0.3, -0.25) is 14.4 Å². The molecule has 8 heteroatoms. The number of benzene rings is 2. The topological polar surface area (TPSA) is 125 Å². The van der Waals surface area contributed by atoms with Crippen LogP contribution in [0.5, 0.6) is 5.75 Å². The van der Waals surface area contributed by atoms with Crippen molar-refractivity contribution in [3.8, 4) is 5.75 Å². The van der Waals surface area contributed by atoms with Crippen molar-refractivity contribution in [2.45, 2.75) is 33.3 Å². The van der Waals surface area contributed by atoms with Crippen LogP contribution in [0.3, 0.4) is 0 Å². The fraction of sp³-hybridized carbons (Fsp3) is 0.318. The molecule has 0 fully saturated rings. The van der Waals surface area contributed by atoms with E-state index in [4.69, 9.17) is 21.4 Å². The van der Waals surface area contributed by atoms with Gasteiger partial charge in [0.05, 0.1) is 13.0 Å². The first kappa shape index (κ1) is 29.5. The fourth-order valence-corrected chi connectivity index (χ4v) is 2.01. The van der Waals surface area contributed by atoms with Gasteiger partial charge in [-0.25, -0.2) is 0 Å². The summed E-state index contributed by atoms with van der Waals surface area (Å²) in [5.74, 6) is -0.351. The summed E-state index contributed by atoms with van der Waals surface area (Å²) >= 11 is 5.79. The number of carbonyl (C=O) groups excluding carboxylic acids is 2. The SMILES string of the molecule is CC.CC(C=O)Oc1ccc(C(=O)c2ccc(Cl)cc2)cc1.COCCC(=O)O.N. The molecular formula is C22H30ClNO6. The third-order valence-electron chi connectivity index (χ3n) is 3.26. The highest BCUT2D eigenvalue weighted by atomic mass is 35.5. The number of methoxy groups -OCH3 is 1. The van der Waals surface area contributed by atoms with Gasteiger partial charge in [-0.05, 0) is 55.5 Å². The van der Waals surface area contributed by atoms with E-state index in [-0.39, 0.29) is 18.4 Å². The van der Waals surface area contributed by atoms with Gasteiger partial charge in [-0.2, -0.15) is 0 Å². The summed E-state index contributed by atoms with van der Waals surface area (Å²) in [5.41, 5.74) is 1.13. The molecule has 0 saturated carbocycles. The zero-order valence-corrected chi connectivity index (χ0v) is 18.5. The Morgan fingerprint density at radius 2 is 1.50 bits per heavy atom. The van der Waals surface area contributed by atoms with Crippen LogP contribution in [-0.2, 0) is 14.3 Å². The molecule has 7 nitrogen and oxygen atoms in total. The van der Waals surface area contributed by atoms with Crippen LogP contribution in [0.1, 0.15) is 43.1 Å². The molecule has 2 rings (SSSR count). The average Bonchev–Trinajstić information content (AvgIpc) is 2.74. The first-order chi connectivity index (χ1) is 13.9. The van der Waals surface area contributed by atoms with Gasteiger partial charge in [0.1, 0.15) is 5.75 Å². The number of ketones is 1. The van der Waals surface area contributed by atoms with Crippen molar-refractivity contribution in [2.75, 3.05) is 13.7 Å². The predicted molar refractivity (Wildman–Crippen MR) is 118 cm³/mol. The number of halogens is 1. The van der Waals surface area contributed by atoms with Gasteiger partial charge in [-0.15, -0.1) is 0 Å². The van der Waals surface area contributed by atoms with E-state index in [0.29, 0.717) is 34.8 Å². The van der Waals surface area contributed by atoms with Gasteiger partial charge in [0, 0.05) is 23.3 Å². The van der Waals surface area contributed by atoms with Gasteiger partial charge in [0.15, 0.2) is 18.2 Å². The van der Waals surface area contributed by atoms with E-state index in [1.54, 1.807) is 55.5 Å². The van der Waals surface area contributed by atoms with Crippen molar-refractivity contribution in [1.29, 1.82) is 0 Å². The molecular weight excluding hydrogens is 410 g/mol. The Hall–Kier alpha value is -2.74. The quantitative estimate of drug-likeness (QED) is 0.445. The maximum Gasteiger partial charge on any atom is 0.305 e. The molecule has 0 radical (unpaired) electrons. The summed E-state index contributed by atoms with van der Waals surface area (Å²) in [4.78, 5) is 32.4. The predicted octanol–water partition coefficient (Wildman–Crippen LogP) is 4.83. The van der Waals surface area contributed by atoms with Crippen molar-refractivity contribution >= 4 is 29.6 Å². The molecule has 1 atom stereocenters. The Balaban J connectivity index is 0. The number of carboxylic acid groups (broad SMARTS) is 1. The van der Waals surface area contributed by atoms with Crippen LogP contribution in [0.25, 0.3) is 0 Å². The van der Waals surface area contributed by atoms with Crippen LogP contribution < -0.4 is 10.9 Å². The molecule has 166 valence electrons. The van der Waals surface area contributed by atoms with Crippen LogP contribution in [0.4, 0.5) is 0 Å². The lowest BCUT2D eigenvalue weighted by molar-refractivity contribution is -0.138. The zero-order chi connectivity index (χ0) is 22.2. The molecule has 0 saturated heterocycles. The van der Waals surface area contributed by atoms with E-state index in [1.807, 2.05) is 13.8 Å².